The molecule has 0 bridgehead atoms. The van der Waals surface area contributed by atoms with Crippen molar-refractivity contribution in [3.63, 3.8) is 0 Å². The number of ether oxygens (including phenoxy) is 3. The van der Waals surface area contributed by atoms with Crippen LogP contribution in [0.5, 0.6) is 17.2 Å². The molecule has 5 aliphatic rings. The average molecular weight is 858 g/mol. The van der Waals surface area contributed by atoms with E-state index in [2.05, 4.69) is 22.1 Å². The molecule has 2 saturated heterocycles. The molecular weight excluding hydrogens is 807 g/mol. The summed E-state index contributed by atoms with van der Waals surface area (Å²) in [5.41, 5.74) is 2.87. The lowest BCUT2D eigenvalue weighted by atomic mass is 9.65. The molecule has 4 aliphatic heterocycles. The summed E-state index contributed by atoms with van der Waals surface area (Å²) in [6.45, 7) is 0.535. The van der Waals surface area contributed by atoms with Gasteiger partial charge in [-0.15, -0.1) is 0 Å². The van der Waals surface area contributed by atoms with E-state index < -0.39 is 53.0 Å². The van der Waals surface area contributed by atoms with Gasteiger partial charge in [-0.05, 0) is 108 Å². The average Bonchev–Trinajstić information content (AvgIpc) is 3.69. The molecule has 5 aromatic carbocycles. The fourth-order valence-electron chi connectivity index (χ4n) is 11.2. The normalized spacial score (nSPS) is 25.7. The molecule has 0 unspecified atom stereocenters. The molecule has 1 aliphatic carbocycles. The predicted octanol–water partition coefficient (Wildman–Crippen LogP) is 7.70. The van der Waals surface area contributed by atoms with Crippen molar-refractivity contribution >= 4 is 23.5 Å². The zero-order valence-corrected chi connectivity index (χ0v) is 36.0. The van der Waals surface area contributed by atoms with Gasteiger partial charge in [-0.2, -0.15) is 0 Å². The molecule has 4 heterocycles. The number of carbonyl (C=O) groups is 3. The van der Waals surface area contributed by atoms with Crippen molar-refractivity contribution in [2.24, 2.45) is 5.92 Å². The van der Waals surface area contributed by atoms with Crippen LogP contribution in [0.15, 0.2) is 115 Å². The number of methoxy groups -OCH3 is 2. The van der Waals surface area contributed by atoms with Gasteiger partial charge in [-0.25, -0.2) is 0 Å². The highest BCUT2D eigenvalue weighted by atomic mass is 16.6. The number of esters is 1. The number of hydrogen-bond acceptors (Lipinski definition) is 9. The number of aromatic hydroxyl groups is 1. The van der Waals surface area contributed by atoms with Crippen molar-refractivity contribution in [2.75, 3.05) is 26.1 Å². The summed E-state index contributed by atoms with van der Waals surface area (Å²) in [6, 6.07) is 32.6. The highest BCUT2D eigenvalue weighted by molar-refractivity contribution is 6.12. The molecule has 2 amide bonds. The molecule has 1 saturated carbocycles. The molecule has 11 heteroatoms. The Hall–Kier alpha value is -6.61. The third-order valence-corrected chi connectivity index (χ3v) is 14.2. The lowest BCUT2D eigenvalue weighted by Gasteiger charge is -2.46. The summed E-state index contributed by atoms with van der Waals surface area (Å²) in [7, 11) is 3.16. The van der Waals surface area contributed by atoms with Crippen LogP contribution < -0.4 is 14.8 Å². The van der Waals surface area contributed by atoms with Crippen LogP contribution in [-0.4, -0.2) is 70.2 Å². The molecule has 6 atom stereocenters. The van der Waals surface area contributed by atoms with Crippen molar-refractivity contribution in [1.29, 1.82) is 0 Å². The molecule has 11 nitrogen and oxygen atoms in total. The summed E-state index contributed by atoms with van der Waals surface area (Å²) in [4.78, 5) is 50.9. The third-order valence-electron chi connectivity index (χ3n) is 14.2. The maximum Gasteiger partial charge on any atom is 0.324 e. The van der Waals surface area contributed by atoms with E-state index in [0.717, 1.165) is 47.9 Å². The molecule has 326 valence electrons. The van der Waals surface area contributed by atoms with E-state index in [9.17, 15) is 10.2 Å². The third kappa shape index (κ3) is 6.87. The van der Waals surface area contributed by atoms with E-state index in [4.69, 9.17) is 14.2 Å². The Morgan fingerprint density at radius 2 is 1.44 bits per heavy atom. The molecule has 5 aromatic rings. The first-order chi connectivity index (χ1) is 31.1. The van der Waals surface area contributed by atoms with Gasteiger partial charge in [0.05, 0.1) is 32.2 Å². The van der Waals surface area contributed by atoms with Crippen LogP contribution in [0, 0.1) is 17.8 Å². The summed E-state index contributed by atoms with van der Waals surface area (Å²) in [6.07, 6.45) is 4.72. The molecule has 64 heavy (non-hydrogen) atoms. The van der Waals surface area contributed by atoms with Crippen molar-refractivity contribution in [2.45, 2.75) is 86.7 Å². The Morgan fingerprint density at radius 1 is 0.781 bits per heavy atom. The zero-order valence-electron chi connectivity index (χ0n) is 36.0. The molecule has 3 N–H and O–H groups in total. The van der Waals surface area contributed by atoms with Gasteiger partial charge in [0, 0.05) is 24.3 Å². The highest BCUT2D eigenvalue weighted by Gasteiger charge is 2.74. The number of phenols is 1. The van der Waals surface area contributed by atoms with Gasteiger partial charge < -0.3 is 34.6 Å². The van der Waals surface area contributed by atoms with E-state index in [1.165, 1.54) is 0 Å². The van der Waals surface area contributed by atoms with Gasteiger partial charge >= 0.3 is 5.97 Å². The Bertz CT molecular complexity index is 2670. The monoisotopic (exact) mass is 857 g/mol. The van der Waals surface area contributed by atoms with E-state index in [-0.39, 0.29) is 18.2 Å². The summed E-state index contributed by atoms with van der Waals surface area (Å²) in [5.74, 6) is 4.93. The number of carbonyl (C=O) groups excluding carboxylic acids is 3. The van der Waals surface area contributed by atoms with E-state index >= 15 is 14.4 Å². The first-order valence-corrected chi connectivity index (χ1v) is 22.2. The zero-order chi connectivity index (χ0) is 44.2. The summed E-state index contributed by atoms with van der Waals surface area (Å²) < 4.78 is 17.9. The first kappa shape index (κ1) is 41.4. The summed E-state index contributed by atoms with van der Waals surface area (Å²) in [5, 5.41) is 25.5. The quantitative estimate of drug-likeness (QED) is 0.0892. The number of benzene rings is 5. The second-order valence-corrected chi connectivity index (χ2v) is 17.8. The Kier molecular flexibility index (Phi) is 10.7. The minimum Gasteiger partial charge on any atom is -0.508 e. The van der Waals surface area contributed by atoms with Gasteiger partial charge in [-0.3, -0.25) is 19.3 Å². The maximum absolute atomic E-state index is 16.1. The largest absolute Gasteiger partial charge is 0.508 e. The molecule has 1 spiro atoms. The highest BCUT2D eigenvalue weighted by Crippen LogP contribution is 2.65. The number of cyclic esters (lactones) is 1. The standard InChI is InChI=1S/C53H51N3O8/c1-62-42-30-37-24-28-55(32-38(37)31-43(42)63-2)49(58)44-46-50(59)64-47(35-15-9-6-10-16-35)45(34-13-7-5-8-14-34)56(46)48(36-18-20-39(57)21-19-36)53(44)40-29-33(17-22-41(40)54-51(53)60)23-27-52(61)25-11-3-4-12-26-52/h5-10,13-22,29-31,44-48,57,61H,3-4,11-12,24-26,28,32H2,1-2H3,(H,54,60)/t44-,45-,46-,47+,48+,53-/m0/s1. The minimum atomic E-state index is -1.72. The van der Waals surface area contributed by atoms with Crippen LogP contribution in [0.25, 0.3) is 0 Å². The number of amides is 2. The van der Waals surface area contributed by atoms with Crippen LogP contribution in [-0.2, 0) is 37.5 Å². The fourth-order valence-corrected chi connectivity index (χ4v) is 11.2. The van der Waals surface area contributed by atoms with Crippen LogP contribution in [0.4, 0.5) is 5.69 Å². The lowest BCUT2D eigenvalue weighted by molar-refractivity contribution is -0.179. The Balaban J connectivity index is 1.21. The van der Waals surface area contributed by atoms with Crippen molar-refractivity contribution in [3.8, 4) is 29.1 Å². The lowest BCUT2D eigenvalue weighted by Crippen LogP contribution is -2.56. The number of nitrogens with one attached hydrogen (secondary N) is 1. The number of aliphatic hydroxyl groups is 1. The number of rotatable bonds is 6. The van der Waals surface area contributed by atoms with E-state index in [1.807, 2.05) is 91.0 Å². The van der Waals surface area contributed by atoms with E-state index in [1.54, 1.807) is 43.4 Å². The van der Waals surface area contributed by atoms with E-state index in [0.29, 0.717) is 59.7 Å². The second kappa shape index (κ2) is 16.5. The molecule has 10 rings (SSSR count). The van der Waals surface area contributed by atoms with Crippen molar-refractivity contribution in [1.82, 2.24) is 9.80 Å². The smallest absolute Gasteiger partial charge is 0.324 e. The number of nitrogens with zero attached hydrogens (tertiary/aromatic N) is 2. The molecule has 3 fully saturated rings. The van der Waals surface area contributed by atoms with Crippen LogP contribution in [0.1, 0.15) is 95.7 Å². The Morgan fingerprint density at radius 3 is 2.11 bits per heavy atom. The molecule has 0 radical (unpaired) electrons. The van der Waals surface area contributed by atoms with Gasteiger partial charge in [-0.1, -0.05) is 97.5 Å². The maximum atomic E-state index is 16.1. The number of anilines is 1. The number of fused-ring (bicyclic) bond motifs is 4. The number of morpholine rings is 1. The SMILES string of the molecule is COc1cc2c(cc1OC)CN(C(=O)[C@@H]1[C@H]3C(=O)O[C@H](c4ccccc4)[C@H](c4ccccc4)N3[C@H](c3ccc(O)cc3)[C@@]13C(=O)Nc1ccc(C#CC4(O)CCCCCC4)cc13)CC2. The fraction of sp³-hybridized carbons (Fsp3) is 0.340. The van der Waals surface area contributed by atoms with Gasteiger partial charge in [0.15, 0.2) is 11.5 Å². The molecular formula is C53H51N3O8. The molecule has 0 aromatic heterocycles. The first-order valence-electron chi connectivity index (χ1n) is 22.2. The number of phenolic OH excluding ortho intramolecular Hbond substituents is 1. The van der Waals surface area contributed by atoms with Crippen molar-refractivity contribution < 1.29 is 38.8 Å². The predicted molar refractivity (Wildman–Crippen MR) is 239 cm³/mol. The topological polar surface area (TPSA) is 138 Å². The second-order valence-electron chi connectivity index (χ2n) is 17.8. The number of hydrogen-bond donors (Lipinski definition) is 3. The summed E-state index contributed by atoms with van der Waals surface area (Å²) >= 11 is 0. The van der Waals surface area contributed by atoms with Gasteiger partial charge in [0.25, 0.3) is 0 Å². The Labute approximate surface area is 373 Å². The van der Waals surface area contributed by atoms with Gasteiger partial charge in [0.2, 0.25) is 11.8 Å². The minimum absolute atomic E-state index is 0.0316. The van der Waals surface area contributed by atoms with Crippen LogP contribution in [0.3, 0.4) is 0 Å². The van der Waals surface area contributed by atoms with Crippen molar-refractivity contribution in [3.05, 3.63) is 154 Å². The van der Waals surface area contributed by atoms with Crippen LogP contribution in [0.2, 0.25) is 0 Å². The van der Waals surface area contributed by atoms with Crippen LogP contribution >= 0.6 is 0 Å². The van der Waals surface area contributed by atoms with Gasteiger partial charge in [0.1, 0.15) is 28.9 Å².